The van der Waals surface area contributed by atoms with E-state index in [4.69, 9.17) is 0 Å². The number of nitrogens with zero attached hydrogens (tertiary/aromatic N) is 3. The molecule has 1 aliphatic rings. The van der Waals surface area contributed by atoms with Crippen molar-refractivity contribution in [3.05, 3.63) is 48.7 Å². The average molecular weight is 239 g/mol. The lowest BCUT2D eigenvalue weighted by Crippen LogP contribution is -2.28. The maximum Gasteiger partial charge on any atom is 0.134 e. The van der Waals surface area contributed by atoms with Gasteiger partial charge in [0.2, 0.25) is 0 Å². The average Bonchev–Trinajstić information content (AvgIpc) is 2.80. The summed E-state index contributed by atoms with van der Waals surface area (Å²) >= 11 is 0. The summed E-state index contributed by atoms with van der Waals surface area (Å²) in [4.78, 5) is 9.13. The molecule has 3 heteroatoms. The fourth-order valence-corrected chi connectivity index (χ4v) is 2.45. The van der Waals surface area contributed by atoms with Crippen LogP contribution in [0.5, 0.6) is 0 Å². The molecule has 3 rings (SSSR count). The molecule has 0 aliphatic carbocycles. The summed E-state index contributed by atoms with van der Waals surface area (Å²) in [5, 5.41) is 0. The molecule has 0 saturated carbocycles. The van der Waals surface area contributed by atoms with Gasteiger partial charge in [-0.15, -0.1) is 0 Å². The van der Waals surface area contributed by atoms with E-state index in [2.05, 4.69) is 52.0 Å². The van der Waals surface area contributed by atoms with Crippen LogP contribution in [-0.4, -0.2) is 18.2 Å². The van der Waals surface area contributed by atoms with E-state index in [1.54, 1.807) is 0 Å². The Morgan fingerprint density at radius 2 is 1.83 bits per heavy atom. The van der Waals surface area contributed by atoms with Gasteiger partial charge in [0.05, 0.1) is 18.0 Å². The zero-order chi connectivity index (χ0) is 12.4. The van der Waals surface area contributed by atoms with E-state index in [9.17, 15) is 0 Å². The summed E-state index contributed by atoms with van der Waals surface area (Å²) in [5.74, 6) is 1.02. The first-order valence-electron chi connectivity index (χ1n) is 6.42. The number of hydrogen-bond donors (Lipinski definition) is 0. The molecule has 0 N–H and O–H groups in total. The van der Waals surface area contributed by atoms with Gasteiger partial charge in [0, 0.05) is 12.7 Å². The van der Waals surface area contributed by atoms with Crippen LogP contribution in [0.1, 0.15) is 13.3 Å². The Labute approximate surface area is 108 Å². The van der Waals surface area contributed by atoms with Crippen LogP contribution in [0, 0.1) is 0 Å². The van der Waals surface area contributed by atoms with Crippen LogP contribution < -0.4 is 9.80 Å². The molecule has 2 heterocycles. The van der Waals surface area contributed by atoms with Gasteiger partial charge in [0.15, 0.2) is 0 Å². The second kappa shape index (κ2) is 4.69. The Morgan fingerprint density at radius 1 is 1.06 bits per heavy atom. The number of benzene rings is 1. The first-order valence-corrected chi connectivity index (χ1v) is 6.42. The van der Waals surface area contributed by atoms with E-state index in [0.29, 0.717) is 0 Å². The van der Waals surface area contributed by atoms with Crippen LogP contribution >= 0.6 is 0 Å². The van der Waals surface area contributed by atoms with E-state index in [1.165, 1.54) is 11.4 Å². The van der Waals surface area contributed by atoms with Gasteiger partial charge in [0.1, 0.15) is 5.82 Å². The number of anilines is 3. The van der Waals surface area contributed by atoms with Crippen LogP contribution in [0.2, 0.25) is 0 Å². The Bertz CT molecular complexity index is 524. The van der Waals surface area contributed by atoms with Crippen molar-refractivity contribution in [3.63, 3.8) is 0 Å². The summed E-state index contributed by atoms with van der Waals surface area (Å²) in [6.45, 7) is 4.19. The van der Waals surface area contributed by atoms with Crippen molar-refractivity contribution in [1.29, 1.82) is 0 Å². The molecule has 1 aromatic carbocycles. The molecule has 2 aromatic rings. The number of para-hydroxylation sites is 2. The molecule has 0 atom stereocenters. The van der Waals surface area contributed by atoms with Crippen molar-refractivity contribution in [2.75, 3.05) is 23.0 Å². The molecular formula is C15H17N3. The predicted octanol–water partition coefficient (Wildman–Crippen LogP) is 3.41. The zero-order valence-electron chi connectivity index (χ0n) is 10.6. The molecule has 1 aromatic heterocycles. The van der Waals surface area contributed by atoms with E-state index >= 15 is 0 Å². The third-order valence-corrected chi connectivity index (χ3v) is 3.24. The van der Waals surface area contributed by atoms with Crippen LogP contribution in [0.15, 0.2) is 48.7 Å². The molecule has 1 aliphatic heterocycles. The van der Waals surface area contributed by atoms with Crippen LogP contribution in [0.4, 0.5) is 17.2 Å². The largest absolute Gasteiger partial charge is 0.352 e. The molecule has 0 bridgehead atoms. The van der Waals surface area contributed by atoms with Gasteiger partial charge in [-0.3, -0.25) is 0 Å². The third-order valence-electron chi connectivity index (χ3n) is 3.24. The van der Waals surface area contributed by atoms with Crippen molar-refractivity contribution >= 4 is 17.2 Å². The first kappa shape index (κ1) is 11.1. The van der Waals surface area contributed by atoms with Gasteiger partial charge in [-0.05, 0) is 30.7 Å². The van der Waals surface area contributed by atoms with E-state index in [1.807, 2.05) is 18.3 Å². The van der Waals surface area contributed by atoms with Crippen molar-refractivity contribution in [2.45, 2.75) is 13.3 Å². The summed E-state index contributed by atoms with van der Waals surface area (Å²) < 4.78 is 0. The van der Waals surface area contributed by atoms with Gasteiger partial charge in [0.25, 0.3) is 0 Å². The maximum atomic E-state index is 4.45. The second-order valence-corrected chi connectivity index (χ2v) is 4.51. The molecule has 0 fully saturated rings. The Kier molecular flexibility index (Phi) is 2.89. The molecule has 0 unspecified atom stereocenters. The van der Waals surface area contributed by atoms with Gasteiger partial charge in [-0.25, -0.2) is 4.98 Å². The molecule has 92 valence electrons. The molecule has 0 amide bonds. The van der Waals surface area contributed by atoms with Gasteiger partial charge in [-0.2, -0.15) is 0 Å². The number of fused-ring (bicyclic) bond motifs is 1. The SMILES string of the molecule is CCCN1CN(c2ccccn2)c2ccccc21. The lowest BCUT2D eigenvalue weighted by Gasteiger charge is -2.20. The highest BCUT2D eigenvalue weighted by Crippen LogP contribution is 2.39. The van der Waals surface area contributed by atoms with Crippen molar-refractivity contribution in [1.82, 2.24) is 4.98 Å². The Morgan fingerprint density at radius 3 is 2.56 bits per heavy atom. The third kappa shape index (κ3) is 1.82. The Balaban J connectivity index is 1.99. The Hall–Kier alpha value is -2.03. The van der Waals surface area contributed by atoms with E-state index in [-0.39, 0.29) is 0 Å². The highest BCUT2D eigenvalue weighted by molar-refractivity contribution is 5.81. The lowest BCUT2D eigenvalue weighted by molar-refractivity contribution is 0.791. The zero-order valence-corrected chi connectivity index (χ0v) is 10.6. The minimum Gasteiger partial charge on any atom is -0.352 e. The molecular weight excluding hydrogens is 222 g/mol. The quantitative estimate of drug-likeness (QED) is 0.818. The summed E-state index contributed by atoms with van der Waals surface area (Å²) in [5.41, 5.74) is 2.56. The maximum absolute atomic E-state index is 4.45. The predicted molar refractivity (Wildman–Crippen MR) is 75.3 cm³/mol. The minimum atomic E-state index is 0.893. The second-order valence-electron chi connectivity index (χ2n) is 4.51. The van der Waals surface area contributed by atoms with Crippen molar-refractivity contribution in [2.24, 2.45) is 0 Å². The number of hydrogen-bond acceptors (Lipinski definition) is 3. The van der Waals surface area contributed by atoms with Gasteiger partial charge < -0.3 is 9.80 Å². The van der Waals surface area contributed by atoms with Gasteiger partial charge >= 0.3 is 0 Å². The summed E-state index contributed by atoms with van der Waals surface area (Å²) in [7, 11) is 0. The fraction of sp³-hybridized carbons (Fsp3) is 0.267. The molecule has 0 saturated heterocycles. The molecule has 18 heavy (non-hydrogen) atoms. The highest BCUT2D eigenvalue weighted by Gasteiger charge is 2.26. The monoisotopic (exact) mass is 239 g/mol. The van der Waals surface area contributed by atoms with E-state index in [0.717, 1.165) is 25.5 Å². The first-order chi connectivity index (χ1) is 8.90. The molecule has 3 nitrogen and oxygen atoms in total. The summed E-state index contributed by atoms with van der Waals surface area (Å²) in [6, 6.07) is 14.6. The molecule has 0 spiro atoms. The van der Waals surface area contributed by atoms with Crippen LogP contribution in [0.3, 0.4) is 0 Å². The van der Waals surface area contributed by atoms with E-state index < -0.39 is 0 Å². The standard InChI is InChI=1S/C15H17N3/c1-2-11-17-12-18(15-9-5-6-10-16-15)14-8-4-3-7-13(14)17/h3-10H,2,11-12H2,1H3. The fourth-order valence-electron chi connectivity index (χ4n) is 2.45. The summed E-state index contributed by atoms with van der Waals surface area (Å²) in [6.07, 6.45) is 3.00. The topological polar surface area (TPSA) is 19.4 Å². The minimum absolute atomic E-state index is 0.893. The smallest absolute Gasteiger partial charge is 0.134 e. The van der Waals surface area contributed by atoms with Crippen molar-refractivity contribution in [3.8, 4) is 0 Å². The highest BCUT2D eigenvalue weighted by atomic mass is 15.4. The van der Waals surface area contributed by atoms with Crippen LogP contribution in [-0.2, 0) is 0 Å². The number of pyridine rings is 1. The number of aromatic nitrogens is 1. The van der Waals surface area contributed by atoms with Gasteiger partial charge in [-0.1, -0.05) is 25.1 Å². The number of rotatable bonds is 3. The normalized spacial score (nSPS) is 13.8. The lowest BCUT2D eigenvalue weighted by atomic mass is 10.2. The van der Waals surface area contributed by atoms with Crippen LogP contribution in [0.25, 0.3) is 0 Å². The molecule has 0 radical (unpaired) electrons. The van der Waals surface area contributed by atoms with Crippen molar-refractivity contribution < 1.29 is 0 Å².